The molecule has 1 fully saturated rings. The van der Waals surface area contributed by atoms with Crippen molar-refractivity contribution in [2.45, 2.75) is 31.1 Å². The van der Waals surface area contributed by atoms with Gasteiger partial charge in [0.15, 0.2) is 6.61 Å². The first kappa shape index (κ1) is 23.6. The number of anilines is 2. The number of fused-ring (bicyclic) bond motifs is 1. The van der Waals surface area contributed by atoms with E-state index < -0.39 is 33.3 Å². The van der Waals surface area contributed by atoms with Gasteiger partial charge in [-0.05, 0) is 43.5 Å². The molecule has 2 aliphatic rings. The van der Waals surface area contributed by atoms with Gasteiger partial charge in [0.05, 0.1) is 15.5 Å². The Hall–Kier alpha value is -3.51. The van der Waals surface area contributed by atoms with Crippen LogP contribution in [-0.4, -0.2) is 55.7 Å². The largest absolute Gasteiger partial charge is 0.482 e. The highest BCUT2D eigenvalue weighted by molar-refractivity contribution is 7.89. The van der Waals surface area contributed by atoms with Gasteiger partial charge >= 0.3 is 0 Å². The molecule has 34 heavy (non-hydrogen) atoms. The summed E-state index contributed by atoms with van der Waals surface area (Å²) in [5.74, 6) is -0.853. The number of nitrogens with zero attached hydrogens (tertiary/aromatic N) is 3. The van der Waals surface area contributed by atoms with E-state index in [2.05, 4.69) is 5.32 Å². The van der Waals surface area contributed by atoms with E-state index in [9.17, 15) is 28.1 Å². The van der Waals surface area contributed by atoms with E-state index in [1.54, 1.807) is 13.0 Å². The van der Waals surface area contributed by atoms with Crippen LogP contribution in [0.3, 0.4) is 0 Å². The minimum Gasteiger partial charge on any atom is -0.482 e. The monoisotopic (exact) mass is 488 g/mol. The third-order valence-corrected chi connectivity index (χ3v) is 7.73. The van der Waals surface area contributed by atoms with Crippen LogP contribution in [0, 0.1) is 17.0 Å². The molecule has 180 valence electrons. The van der Waals surface area contributed by atoms with E-state index in [0.29, 0.717) is 24.3 Å². The van der Waals surface area contributed by atoms with E-state index in [4.69, 9.17) is 4.74 Å². The van der Waals surface area contributed by atoms with Crippen molar-refractivity contribution in [3.8, 4) is 5.75 Å². The van der Waals surface area contributed by atoms with Crippen LogP contribution in [0.1, 0.15) is 24.8 Å². The average Bonchev–Trinajstić information content (AvgIpc) is 2.82. The van der Waals surface area contributed by atoms with Crippen molar-refractivity contribution < 1.29 is 27.7 Å². The summed E-state index contributed by atoms with van der Waals surface area (Å²) >= 11 is 0. The predicted octanol–water partition coefficient (Wildman–Crippen LogP) is 2.44. The molecule has 1 N–H and O–H groups in total. The lowest BCUT2D eigenvalue weighted by molar-refractivity contribution is -0.384. The van der Waals surface area contributed by atoms with Crippen LogP contribution in [0.15, 0.2) is 41.3 Å². The Morgan fingerprint density at radius 2 is 1.88 bits per heavy atom. The van der Waals surface area contributed by atoms with Crippen molar-refractivity contribution in [2.75, 3.05) is 36.5 Å². The number of amides is 2. The fourth-order valence-corrected chi connectivity index (χ4v) is 5.51. The van der Waals surface area contributed by atoms with Crippen LogP contribution < -0.4 is 15.0 Å². The molecule has 0 aliphatic carbocycles. The van der Waals surface area contributed by atoms with Gasteiger partial charge in [0.25, 0.3) is 11.6 Å². The van der Waals surface area contributed by atoms with Crippen molar-refractivity contribution in [3.63, 3.8) is 0 Å². The highest BCUT2D eigenvalue weighted by atomic mass is 32.2. The topological polar surface area (TPSA) is 139 Å². The molecule has 4 rings (SSSR count). The second kappa shape index (κ2) is 9.39. The highest BCUT2D eigenvalue weighted by Gasteiger charge is 2.30. The van der Waals surface area contributed by atoms with Gasteiger partial charge in [-0.3, -0.25) is 24.6 Å². The van der Waals surface area contributed by atoms with Gasteiger partial charge in [-0.1, -0.05) is 12.5 Å². The van der Waals surface area contributed by atoms with E-state index in [0.717, 1.165) is 24.2 Å². The number of carbonyl (C=O) groups excluding carboxylic acids is 2. The van der Waals surface area contributed by atoms with Gasteiger partial charge < -0.3 is 10.1 Å². The maximum absolute atomic E-state index is 13.0. The number of rotatable bonds is 6. The number of hydrogen-bond acceptors (Lipinski definition) is 7. The van der Waals surface area contributed by atoms with Crippen molar-refractivity contribution in [1.82, 2.24) is 4.31 Å². The summed E-state index contributed by atoms with van der Waals surface area (Å²) in [7, 11) is -3.69. The quantitative estimate of drug-likeness (QED) is 0.487. The first-order chi connectivity index (χ1) is 16.2. The summed E-state index contributed by atoms with van der Waals surface area (Å²) < 4.78 is 32.8. The molecule has 2 heterocycles. The van der Waals surface area contributed by atoms with Crippen LogP contribution in [0.2, 0.25) is 0 Å². The minimum absolute atomic E-state index is 0.0821. The van der Waals surface area contributed by atoms with E-state index in [1.165, 1.54) is 34.6 Å². The maximum Gasteiger partial charge on any atom is 0.271 e. The van der Waals surface area contributed by atoms with Crippen LogP contribution in [0.4, 0.5) is 17.1 Å². The number of carbonyl (C=O) groups is 2. The van der Waals surface area contributed by atoms with E-state index >= 15 is 0 Å². The molecule has 2 aromatic rings. The van der Waals surface area contributed by atoms with Crippen molar-refractivity contribution in [2.24, 2.45) is 0 Å². The maximum atomic E-state index is 13.0. The van der Waals surface area contributed by atoms with E-state index in [-0.39, 0.29) is 28.6 Å². The van der Waals surface area contributed by atoms with Crippen LogP contribution >= 0.6 is 0 Å². The molecule has 0 atom stereocenters. The van der Waals surface area contributed by atoms with Crippen LogP contribution in [0.25, 0.3) is 0 Å². The molecule has 2 aromatic carbocycles. The third-order valence-electron chi connectivity index (χ3n) is 5.83. The lowest BCUT2D eigenvalue weighted by Crippen LogP contribution is -2.43. The molecule has 0 aromatic heterocycles. The van der Waals surface area contributed by atoms with Gasteiger partial charge in [0.2, 0.25) is 15.9 Å². The van der Waals surface area contributed by atoms with Crippen molar-refractivity contribution >= 4 is 38.9 Å². The number of hydrogen-bond donors (Lipinski definition) is 1. The van der Waals surface area contributed by atoms with Gasteiger partial charge in [-0.25, -0.2) is 8.42 Å². The zero-order valence-corrected chi connectivity index (χ0v) is 19.3. The Kier molecular flexibility index (Phi) is 6.53. The fourth-order valence-electron chi connectivity index (χ4n) is 3.96. The molecule has 2 aliphatic heterocycles. The van der Waals surface area contributed by atoms with Crippen LogP contribution in [-0.2, 0) is 19.6 Å². The predicted molar refractivity (Wildman–Crippen MR) is 123 cm³/mol. The first-order valence-corrected chi connectivity index (χ1v) is 12.2. The zero-order chi connectivity index (χ0) is 24.5. The van der Waals surface area contributed by atoms with Gasteiger partial charge in [-0.2, -0.15) is 4.31 Å². The number of ether oxygens (including phenoxy) is 1. The Labute approximate surface area is 196 Å². The summed E-state index contributed by atoms with van der Waals surface area (Å²) in [6.07, 6.45) is 2.61. The lowest BCUT2D eigenvalue weighted by Gasteiger charge is -2.28. The SMILES string of the molecule is Cc1ccc(S(=O)(=O)N2CCCCC2)cc1NC(=O)CN1C(=O)COc2ccc([N+](=O)[O-])cc21. The summed E-state index contributed by atoms with van der Waals surface area (Å²) in [6.45, 7) is 1.93. The van der Waals surface area contributed by atoms with Crippen molar-refractivity contribution in [1.29, 1.82) is 0 Å². The molecule has 12 heteroatoms. The minimum atomic E-state index is -3.69. The Morgan fingerprint density at radius 3 is 2.59 bits per heavy atom. The molecule has 0 bridgehead atoms. The summed E-state index contributed by atoms with van der Waals surface area (Å²) in [4.78, 5) is 37.0. The second-order valence-corrected chi connectivity index (χ2v) is 10.1. The highest BCUT2D eigenvalue weighted by Crippen LogP contribution is 2.35. The summed E-state index contributed by atoms with van der Waals surface area (Å²) in [5.41, 5.74) is 0.839. The Balaban J connectivity index is 1.55. The number of non-ortho nitro benzene ring substituents is 1. The lowest BCUT2D eigenvalue weighted by atomic mass is 10.2. The third kappa shape index (κ3) is 4.73. The number of sulfonamides is 1. The fraction of sp³-hybridized carbons (Fsp3) is 0.364. The number of nitro groups is 1. The number of nitro benzene ring substituents is 1. The standard InChI is InChI=1S/C22H24N4O7S/c1-15-5-7-17(34(31,32)24-9-3-2-4-10-24)12-18(15)23-21(27)13-25-19-11-16(26(29)30)6-8-20(19)33-14-22(25)28/h5-8,11-12H,2-4,9-10,13-14H2,1H3,(H,23,27). The molecule has 2 amide bonds. The molecule has 0 spiro atoms. The summed E-state index contributed by atoms with van der Waals surface area (Å²) in [5, 5.41) is 13.8. The molecule has 0 saturated carbocycles. The van der Waals surface area contributed by atoms with Gasteiger partial charge in [-0.15, -0.1) is 0 Å². The molecule has 11 nitrogen and oxygen atoms in total. The average molecular weight is 489 g/mol. The number of nitrogens with one attached hydrogen (secondary N) is 1. The number of aryl methyl sites for hydroxylation is 1. The Morgan fingerprint density at radius 1 is 1.15 bits per heavy atom. The van der Waals surface area contributed by atoms with Gasteiger partial charge in [0, 0.05) is 30.9 Å². The molecular weight excluding hydrogens is 464 g/mol. The van der Waals surface area contributed by atoms with Crippen molar-refractivity contribution in [3.05, 3.63) is 52.1 Å². The second-order valence-electron chi connectivity index (χ2n) is 8.17. The smallest absolute Gasteiger partial charge is 0.271 e. The molecule has 0 unspecified atom stereocenters. The molecule has 1 saturated heterocycles. The first-order valence-electron chi connectivity index (χ1n) is 10.8. The normalized spacial score (nSPS) is 16.5. The number of piperidine rings is 1. The zero-order valence-electron chi connectivity index (χ0n) is 18.5. The van der Waals surface area contributed by atoms with Gasteiger partial charge in [0.1, 0.15) is 12.3 Å². The molecular formula is C22H24N4O7S. The summed E-state index contributed by atoms with van der Waals surface area (Å²) in [6, 6.07) is 8.35. The van der Waals surface area contributed by atoms with E-state index in [1.807, 2.05) is 0 Å². The number of benzene rings is 2. The molecule has 0 radical (unpaired) electrons. The van der Waals surface area contributed by atoms with Crippen LogP contribution in [0.5, 0.6) is 5.75 Å². The Bertz CT molecular complexity index is 1260.